The van der Waals surface area contributed by atoms with Crippen LogP contribution in [0.3, 0.4) is 0 Å². The Hall–Kier alpha value is -2.10. The van der Waals surface area contributed by atoms with Gasteiger partial charge in [0.05, 0.1) is 5.52 Å². The zero-order chi connectivity index (χ0) is 15.0. The van der Waals surface area contributed by atoms with Gasteiger partial charge in [0.1, 0.15) is 0 Å². The Labute approximate surface area is 124 Å². The van der Waals surface area contributed by atoms with E-state index in [0.29, 0.717) is 11.5 Å². The van der Waals surface area contributed by atoms with Crippen LogP contribution in [0.5, 0.6) is 0 Å². The number of aromatic carboxylic acids is 1. The van der Waals surface area contributed by atoms with Crippen molar-refractivity contribution >= 4 is 22.6 Å². The second-order valence-corrected chi connectivity index (χ2v) is 6.63. The van der Waals surface area contributed by atoms with Gasteiger partial charge in [-0.05, 0) is 36.8 Å². The largest absolute Gasteiger partial charge is 0.477 e. The molecule has 1 unspecified atom stereocenters. The molecular formula is C17H20N2O2. The van der Waals surface area contributed by atoms with Gasteiger partial charge in [0.25, 0.3) is 0 Å². The Bertz CT molecular complexity index is 694. The van der Waals surface area contributed by atoms with Crippen molar-refractivity contribution in [2.75, 3.05) is 5.32 Å². The number of hydrogen-bond donors (Lipinski definition) is 2. The van der Waals surface area contributed by atoms with E-state index in [-0.39, 0.29) is 5.69 Å². The van der Waals surface area contributed by atoms with Crippen LogP contribution in [0.25, 0.3) is 10.9 Å². The number of pyridine rings is 1. The van der Waals surface area contributed by atoms with Crippen molar-refractivity contribution in [1.29, 1.82) is 0 Å². The number of fused-ring (bicyclic) bond motifs is 1. The Kier molecular flexibility index (Phi) is 3.32. The van der Waals surface area contributed by atoms with E-state index >= 15 is 0 Å². The number of rotatable bonds is 3. The van der Waals surface area contributed by atoms with E-state index in [1.807, 2.05) is 24.3 Å². The lowest BCUT2D eigenvalue weighted by atomic mass is 9.92. The summed E-state index contributed by atoms with van der Waals surface area (Å²) in [7, 11) is 0. The molecule has 21 heavy (non-hydrogen) atoms. The van der Waals surface area contributed by atoms with Gasteiger partial charge in [-0.3, -0.25) is 0 Å². The minimum atomic E-state index is -0.990. The average Bonchev–Trinajstić information content (AvgIpc) is 2.77. The molecule has 3 rings (SSSR count). The molecule has 0 bridgehead atoms. The molecule has 4 heteroatoms. The van der Waals surface area contributed by atoms with E-state index in [1.165, 1.54) is 6.42 Å². The van der Waals surface area contributed by atoms with Crippen molar-refractivity contribution in [3.8, 4) is 0 Å². The van der Waals surface area contributed by atoms with Crippen molar-refractivity contribution in [1.82, 2.24) is 4.98 Å². The number of carboxylic acid groups (broad SMARTS) is 1. The first kappa shape index (κ1) is 13.9. The molecule has 1 aromatic carbocycles. The van der Waals surface area contributed by atoms with Crippen molar-refractivity contribution < 1.29 is 9.90 Å². The number of carboxylic acids is 1. The lowest BCUT2D eigenvalue weighted by Gasteiger charge is -2.19. The lowest BCUT2D eigenvalue weighted by molar-refractivity contribution is 0.0691. The van der Waals surface area contributed by atoms with Crippen LogP contribution in [0.15, 0.2) is 30.3 Å². The number of nitrogens with one attached hydrogen (secondary N) is 1. The van der Waals surface area contributed by atoms with Crippen LogP contribution in [0.2, 0.25) is 0 Å². The molecule has 1 aliphatic rings. The summed E-state index contributed by atoms with van der Waals surface area (Å²) >= 11 is 0. The molecule has 1 aliphatic carbocycles. The van der Waals surface area contributed by atoms with Crippen LogP contribution >= 0.6 is 0 Å². The van der Waals surface area contributed by atoms with Gasteiger partial charge in [-0.2, -0.15) is 0 Å². The molecule has 0 saturated heterocycles. The molecule has 2 N–H and O–H groups in total. The van der Waals surface area contributed by atoms with E-state index in [9.17, 15) is 9.90 Å². The SMILES string of the molecule is CC1(C)CCC(Nc2cc(C(=O)O)nc3ccccc23)C1. The Morgan fingerprint density at radius 1 is 1.38 bits per heavy atom. The van der Waals surface area contributed by atoms with Crippen molar-refractivity contribution in [2.24, 2.45) is 5.41 Å². The maximum absolute atomic E-state index is 11.2. The zero-order valence-electron chi connectivity index (χ0n) is 12.4. The van der Waals surface area contributed by atoms with Crippen molar-refractivity contribution in [3.63, 3.8) is 0 Å². The van der Waals surface area contributed by atoms with E-state index in [4.69, 9.17) is 0 Å². The van der Waals surface area contributed by atoms with Gasteiger partial charge in [-0.1, -0.05) is 32.0 Å². The third kappa shape index (κ3) is 2.84. The van der Waals surface area contributed by atoms with Crippen LogP contribution in [0, 0.1) is 5.41 Å². The lowest BCUT2D eigenvalue weighted by Crippen LogP contribution is -2.18. The minimum absolute atomic E-state index is 0.0912. The summed E-state index contributed by atoms with van der Waals surface area (Å²) in [5.41, 5.74) is 2.04. The number of nitrogens with zero attached hydrogens (tertiary/aromatic N) is 1. The molecule has 0 spiro atoms. The summed E-state index contributed by atoms with van der Waals surface area (Å²) in [4.78, 5) is 15.4. The predicted molar refractivity (Wildman–Crippen MR) is 83.7 cm³/mol. The number of para-hydroxylation sites is 1. The summed E-state index contributed by atoms with van der Waals surface area (Å²) in [6.07, 6.45) is 3.41. The van der Waals surface area contributed by atoms with Gasteiger partial charge in [0.15, 0.2) is 5.69 Å². The second-order valence-electron chi connectivity index (χ2n) is 6.63. The second kappa shape index (κ2) is 5.02. The monoisotopic (exact) mass is 284 g/mol. The van der Waals surface area contributed by atoms with Crippen LogP contribution in [-0.4, -0.2) is 22.1 Å². The number of anilines is 1. The zero-order valence-corrected chi connectivity index (χ0v) is 12.4. The fourth-order valence-corrected chi connectivity index (χ4v) is 3.18. The highest BCUT2D eigenvalue weighted by Crippen LogP contribution is 2.39. The van der Waals surface area contributed by atoms with Crippen LogP contribution < -0.4 is 5.32 Å². The van der Waals surface area contributed by atoms with E-state index in [0.717, 1.165) is 29.4 Å². The smallest absolute Gasteiger partial charge is 0.354 e. The molecule has 4 nitrogen and oxygen atoms in total. The summed E-state index contributed by atoms with van der Waals surface area (Å²) in [5.74, 6) is -0.990. The fourth-order valence-electron chi connectivity index (χ4n) is 3.18. The van der Waals surface area contributed by atoms with Gasteiger partial charge < -0.3 is 10.4 Å². The van der Waals surface area contributed by atoms with Gasteiger partial charge in [0, 0.05) is 17.1 Å². The highest BCUT2D eigenvalue weighted by molar-refractivity contribution is 5.97. The fraction of sp³-hybridized carbons (Fsp3) is 0.412. The Morgan fingerprint density at radius 2 is 2.14 bits per heavy atom. The highest BCUT2D eigenvalue weighted by atomic mass is 16.4. The molecule has 1 heterocycles. The Morgan fingerprint density at radius 3 is 2.81 bits per heavy atom. The summed E-state index contributed by atoms with van der Waals surface area (Å²) in [6.45, 7) is 4.56. The molecular weight excluding hydrogens is 264 g/mol. The van der Waals surface area contributed by atoms with E-state index < -0.39 is 5.97 Å². The van der Waals surface area contributed by atoms with Gasteiger partial charge in [-0.25, -0.2) is 9.78 Å². The minimum Gasteiger partial charge on any atom is -0.477 e. The molecule has 0 amide bonds. The first-order valence-corrected chi connectivity index (χ1v) is 7.34. The maximum atomic E-state index is 11.2. The average molecular weight is 284 g/mol. The third-order valence-corrected chi connectivity index (χ3v) is 4.26. The molecule has 0 aliphatic heterocycles. The summed E-state index contributed by atoms with van der Waals surface area (Å²) in [5, 5.41) is 13.7. The number of hydrogen-bond acceptors (Lipinski definition) is 3. The first-order valence-electron chi connectivity index (χ1n) is 7.34. The standard InChI is InChI=1S/C17H20N2O2/c1-17(2)8-7-11(10-17)18-14-9-15(16(20)21)19-13-6-4-3-5-12(13)14/h3-6,9,11H,7-8,10H2,1-2H3,(H,18,19)(H,20,21). The molecule has 0 radical (unpaired) electrons. The number of benzene rings is 1. The van der Waals surface area contributed by atoms with Gasteiger partial charge >= 0.3 is 5.97 Å². The molecule has 110 valence electrons. The number of carbonyl (C=O) groups is 1. The van der Waals surface area contributed by atoms with Crippen molar-refractivity contribution in [3.05, 3.63) is 36.0 Å². The molecule has 2 aromatic rings. The topological polar surface area (TPSA) is 62.2 Å². The van der Waals surface area contributed by atoms with Crippen molar-refractivity contribution in [2.45, 2.75) is 39.2 Å². The third-order valence-electron chi connectivity index (χ3n) is 4.26. The van der Waals surface area contributed by atoms with Crippen LogP contribution in [0.4, 0.5) is 5.69 Å². The highest BCUT2D eigenvalue weighted by Gasteiger charge is 2.31. The predicted octanol–water partition coefficient (Wildman–Crippen LogP) is 3.92. The molecule has 1 saturated carbocycles. The number of aromatic nitrogens is 1. The quantitative estimate of drug-likeness (QED) is 0.896. The normalized spacial score (nSPS) is 20.6. The van der Waals surface area contributed by atoms with Crippen LogP contribution in [0.1, 0.15) is 43.6 Å². The van der Waals surface area contributed by atoms with E-state index in [1.54, 1.807) is 6.07 Å². The van der Waals surface area contributed by atoms with Crippen LogP contribution in [-0.2, 0) is 0 Å². The maximum Gasteiger partial charge on any atom is 0.354 e. The molecule has 1 aromatic heterocycles. The van der Waals surface area contributed by atoms with E-state index in [2.05, 4.69) is 24.1 Å². The molecule has 1 atom stereocenters. The van der Waals surface area contributed by atoms with Gasteiger partial charge in [-0.15, -0.1) is 0 Å². The first-order chi connectivity index (χ1) is 9.94. The van der Waals surface area contributed by atoms with Gasteiger partial charge in [0.2, 0.25) is 0 Å². The summed E-state index contributed by atoms with van der Waals surface area (Å²) < 4.78 is 0. The Balaban J connectivity index is 1.98. The molecule has 1 fully saturated rings. The summed E-state index contributed by atoms with van der Waals surface area (Å²) in [6, 6.07) is 9.71.